The molecular weight excluding hydrogens is 303 g/mol. The molecule has 126 valence electrons. The van der Waals surface area contributed by atoms with Crippen LogP contribution in [0.4, 0.5) is 4.39 Å². The zero-order valence-corrected chi connectivity index (χ0v) is 13.7. The summed E-state index contributed by atoms with van der Waals surface area (Å²) in [4.78, 5) is 14.6. The van der Waals surface area contributed by atoms with E-state index in [1.54, 1.807) is 0 Å². The number of nitrogens with one attached hydrogen (secondary N) is 1. The molecule has 1 aliphatic heterocycles. The number of likely N-dealkylation sites (tertiary alicyclic amines) is 1. The fourth-order valence-corrected chi connectivity index (χ4v) is 3.24. The highest BCUT2D eigenvalue weighted by Gasteiger charge is 2.20. The highest BCUT2D eigenvalue weighted by atomic mass is 19.1. The zero-order chi connectivity index (χ0) is 16.8. The summed E-state index contributed by atoms with van der Waals surface area (Å²) in [5.41, 5.74) is 1.84. The molecule has 1 fully saturated rings. The van der Waals surface area contributed by atoms with Gasteiger partial charge >= 0.3 is 0 Å². The molecule has 3 nitrogen and oxygen atoms in total. The smallest absolute Gasteiger partial charge is 0.251 e. The Morgan fingerprint density at radius 2 is 1.88 bits per heavy atom. The second kappa shape index (κ2) is 8.06. The fraction of sp³-hybridized carbons (Fsp3) is 0.350. The zero-order valence-electron chi connectivity index (χ0n) is 13.7. The summed E-state index contributed by atoms with van der Waals surface area (Å²) >= 11 is 0. The van der Waals surface area contributed by atoms with Gasteiger partial charge in [0.15, 0.2) is 0 Å². The number of hydrogen-bond acceptors (Lipinski definition) is 2. The number of piperidine rings is 1. The molecule has 0 radical (unpaired) electrons. The number of amides is 1. The van der Waals surface area contributed by atoms with Crippen molar-refractivity contribution >= 4 is 5.91 Å². The van der Waals surface area contributed by atoms with Crippen LogP contribution in [0.25, 0.3) is 0 Å². The third-order valence-electron chi connectivity index (χ3n) is 4.51. The lowest BCUT2D eigenvalue weighted by molar-refractivity contribution is 0.0930. The molecule has 3 rings (SSSR count). The Hall–Kier alpha value is -2.20. The Bertz CT molecular complexity index is 657. The quantitative estimate of drug-likeness (QED) is 0.912. The highest BCUT2D eigenvalue weighted by Crippen LogP contribution is 2.18. The lowest BCUT2D eigenvalue weighted by Gasteiger charge is -2.32. The molecule has 1 N–H and O–H groups in total. The lowest BCUT2D eigenvalue weighted by Crippen LogP contribution is -2.40. The van der Waals surface area contributed by atoms with Gasteiger partial charge in [-0.25, -0.2) is 4.39 Å². The monoisotopic (exact) mass is 326 g/mol. The molecule has 2 aromatic rings. The normalized spacial score (nSPS) is 18.3. The summed E-state index contributed by atoms with van der Waals surface area (Å²) < 4.78 is 12.9. The van der Waals surface area contributed by atoms with Crippen molar-refractivity contribution in [3.05, 3.63) is 71.5 Å². The summed E-state index contributed by atoms with van der Waals surface area (Å²) in [5, 5.41) is 2.98. The molecule has 1 aliphatic rings. The third kappa shape index (κ3) is 4.65. The van der Waals surface area contributed by atoms with Gasteiger partial charge in [-0.1, -0.05) is 30.3 Å². The van der Waals surface area contributed by atoms with E-state index < -0.39 is 0 Å². The van der Waals surface area contributed by atoms with E-state index in [-0.39, 0.29) is 11.7 Å². The number of carbonyl (C=O) groups is 1. The van der Waals surface area contributed by atoms with Gasteiger partial charge in [0, 0.05) is 25.2 Å². The van der Waals surface area contributed by atoms with E-state index in [1.807, 2.05) is 6.07 Å². The van der Waals surface area contributed by atoms with Gasteiger partial charge in [-0.15, -0.1) is 0 Å². The summed E-state index contributed by atoms with van der Waals surface area (Å²) in [6.07, 6.45) is 2.29. The van der Waals surface area contributed by atoms with Gasteiger partial charge in [0.05, 0.1) is 0 Å². The number of carbonyl (C=O) groups excluding carboxylic acids is 1. The first-order valence-corrected chi connectivity index (χ1v) is 8.51. The van der Waals surface area contributed by atoms with Gasteiger partial charge in [-0.05, 0) is 55.1 Å². The van der Waals surface area contributed by atoms with Gasteiger partial charge in [0.2, 0.25) is 0 Å². The van der Waals surface area contributed by atoms with Crippen LogP contribution in [0, 0.1) is 11.7 Å². The third-order valence-corrected chi connectivity index (χ3v) is 4.51. The second-order valence-electron chi connectivity index (χ2n) is 6.45. The standard InChI is InChI=1S/C20H23FN2O/c21-19-10-8-18(9-11-19)20(24)22-13-17-7-4-12-23(15-17)14-16-5-2-1-3-6-16/h1-3,5-6,8-11,17H,4,7,12-15H2,(H,22,24). The molecule has 0 aromatic heterocycles. The van der Waals surface area contributed by atoms with Crippen LogP contribution in [-0.2, 0) is 6.54 Å². The second-order valence-corrected chi connectivity index (χ2v) is 6.45. The van der Waals surface area contributed by atoms with E-state index >= 15 is 0 Å². The average molecular weight is 326 g/mol. The molecule has 4 heteroatoms. The van der Waals surface area contributed by atoms with Crippen molar-refractivity contribution in [3.63, 3.8) is 0 Å². The van der Waals surface area contributed by atoms with Crippen molar-refractivity contribution in [1.29, 1.82) is 0 Å². The van der Waals surface area contributed by atoms with Crippen molar-refractivity contribution in [2.75, 3.05) is 19.6 Å². The van der Waals surface area contributed by atoms with Crippen molar-refractivity contribution in [2.24, 2.45) is 5.92 Å². The predicted molar refractivity (Wildman–Crippen MR) is 93.2 cm³/mol. The van der Waals surface area contributed by atoms with E-state index in [4.69, 9.17) is 0 Å². The van der Waals surface area contributed by atoms with Gasteiger partial charge in [0.25, 0.3) is 5.91 Å². The molecule has 0 spiro atoms. The molecule has 1 atom stereocenters. The SMILES string of the molecule is O=C(NCC1CCCN(Cc2ccccc2)C1)c1ccc(F)cc1. The summed E-state index contributed by atoms with van der Waals surface area (Å²) in [5.74, 6) is 0.0115. The molecule has 2 aromatic carbocycles. The maximum atomic E-state index is 12.9. The molecule has 0 aliphatic carbocycles. The Morgan fingerprint density at radius 3 is 2.62 bits per heavy atom. The summed E-state index contributed by atoms with van der Waals surface area (Å²) in [7, 11) is 0. The number of benzene rings is 2. The minimum absolute atomic E-state index is 0.129. The number of rotatable bonds is 5. The van der Waals surface area contributed by atoms with E-state index in [0.717, 1.165) is 32.5 Å². The molecule has 1 saturated heterocycles. The highest BCUT2D eigenvalue weighted by molar-refractivity contribution is 5.94. The Morgan fingerprint density at radius 1 is 1.12 bits per heavy atom. The van der Waals surface area contributed by atoms with Crippen LogP contribution in [0.3, 0.4) is 0 Å². The van der Waals surface area contributed by atoms with Crippen LogP contribution in [0.15, 0.2) is 54.6 Å². The molecule has 0 saturated carbocycles. The Kier molecular flexibility index (Phi) is 5.59. The first kappa shape index (κ1) is 16.7. The van der Waals surface area contributed by atoms with Crippen molar-refractivity contribution in [2.45, 2.75) is 19.4 Å². The first-order valence-electron chi connectivity index (χ1n) is 8.51. The minimum atomic E-state index is -0.324. The maximum Gasteiger partial charge on any atom is 0.251 e. The Balaban J connectivity index is 1.48. The molecular formula is C20H23FN2O. The van der Waals surface area contributed by atoms with Crippen LogP contribution in [0.5, 0.6) is 0 Å². The lowest BCUT2D eigenvalue weighted by atomic mass is 9.97. The molecule has 24 heavy (non-hydrogen) atoms. The fourth-order valence-electron chi connectivity index (χ4n) is 3.24. The van der Waals surface area contributed by atoms with Crippen LogP contribution in [0.1, 0.15) is 28.8 Å². The molecule has 1 unspecified atom stereocenters. The molecule has 1 amide bonds. The predicted octanol–water partition coefficient (Wildman–Crippen LogP) is 3.47. The minimum Gasteiger partial charge on any atom is -0.352 e. The number of hydrogen-bond donors (Lipinski definition) is 1. The van der Waals surface area contributed by atoms with Crippen molar-refractivity contribution < 1.29 is 9.18 Å². The van der Waals surface area contributed by atoms with Crippen LogP contribution >= 0.6 is 0 Å². The number of nitrogens with zero attached hydrogens (tertiary/aromatic N) is 1. The van der Waals surface area contributed by atoms with Crippen molar-refractivity contribution in [1.82, 2.24) is 10.2 Å². The van der Waals surface area contributed by atoms with Crippen molar-refractivity contribution in [3.8, 4) is 0 Å². The summed E-state index contributed by atoms with van der Waals surface area (Å²) in [6.45, 7) is 3.74. The van der Waals surface area contributed by atoms with Gasteiger partial charge in [-0.3, -0.25) is 9.69 Å². The van der Waals surface area contributed by atoms with E-state index in [2.05, 4.69) is 34.5 Å². The average Bonchev–Trinajstić information content (AvgIpc) is 2.61. The van der Waals surface area contributed by atoms with Gasteiger partial charge in [0.1, 0.15) is 5.82 Å². The van der Waals surface area contributed by atoms with Crippen LogP contribution < -0.4 is 5.32 Å². The Labute approximate surface area is 142 Å². The summed E-state index contributed by atoms with van der Waals surface area (Å²) in [6, 6.07) is 16.2. The van der Waals surface area contributed by atoms with E-state index in [0.29, 0.717) is 18.0 Å². The van der Waals surface area contributed by atoms with Crippen LogP contribution in [-0.4, -0.2) is 30.4 Å². The number of halogens is 1. The maximum absolute atomic E-state index is 12.9. The van der Waals surface area contributed by atoms with Crippen LogP contribution in [0.2, 0.25) is 0 Å². The van der Waals surface area contributed by atoms with E-state index in [1.165, 1.54) is 29.8 Å². The molecule has 0 bridgehead atoms. The van der Waals surface area contributed by atoms with Gasteiger partial charge < -0.3 is 5.32 Å². The van der Waals surface area contributed by atoms with E-state index in [9.17, 15) is 9.18 Å². The van der Waals surface area contributed by atoms with Gasteiger partial charge in [-0.2, -0.15) is 0 Å². The topological polar surface area (TPSA) is 32.3 Å². The first-order chi connectivity index (χ1) is 11.7. The molecule has 1 heterocycles. The largest absolute Gasteiger partial charge is 0.352 e.